The Hall–Kier alpha value is -1.26. The number of nitrogens with two attached hydrogens (primary N) is 1. The average Bonchev–Trinajstić information content (AvgIpc) is 2.36. The van der Waals surface area contributed by atoms with E-state index in [0.717, 1.165) is 6.54 Å². The molecule has 0 unspecified atom stereocenters. The highest BCUT2D eigenvalue weighted by molar-refractivity contribution is 6.33. The second-order valence-electron chi connectivity index (χ2n) is 5.65. The Morgan fingerprint density at radius 1 is 1.30 bits per heavy atom. The van der Waals surface area contributed by atoms with Crippen LogP contribution in [-0.4, -0.2) is 49.4 Å². The largest absolute Gasteiger partial charge is 0.397 e. The van der Waals surface area contributed by atoms with Crippen LogP contribution in [0.15, 0.2) is 18.2 Å². The van der Waals surface area contributed by atoms with Crippen molar-refractivity contribution in [1.29, 1.82) is 0 Å². The number of para-hydroxylation sites is 1. The number of nitrogens with zero attached hydrogens (tertiary/aromatic N) is 2. The molecule has 0 radical (unpaired) electrons. The van der Waals surface area contributed by atoms with Crippen LogP contribution in [0.5, 0.6) is 0 Å². The lowest BCUT2D eigenvalue weighted by atomic mass is 10.1. The first kappa shape index (κ1) is 16.8. The van der Waals surface area contributed by atoms with E-state index in [4.69, 9.17) is 17.3 Å². The summed E-state index contributed by atoms with van der Waals surface area (Å²) in [4.78, 5) is 16.5. The van der Waals surface area contributed by atoms with Gasteiger partial charge in [-0.3, -0.25) is 4.79 Å². The van der Waals surface area contributed by atoms with Crippen molar-refractivity contribution in [2.75, 3.05) is 39.5 Å². The van der Waals surface area contributed by atoms with Gasteiger partial charge in [-0.1, -0.05) is 31.5 Å². The lowest BCUT2D eigenvalue weighted by Gasteiger charge is -2.26. The molecule has 0 saturated heterocycles. The maximum Gasteiger partial charge on any atom is 0.256 e. The molecule has 1 rings (SSSR count). The number of carbonyl (C=O) groups is 1. The van der Waals surface area contributed by atoms with Crippen LogP contribution >= 0.6 is 11.6 Å². The second kappa shape index (κ2) is 7.50. The minimum atomic E-state index is -0.0550. The Morgan fingerprint density at radius 3 is 2.50 bits per heavy atom. The third kappa shape index (κ3) is 4.69. The first-order valence-corrected chi connectivity index (χ1v) is 7.18. The van der Waals surface area contributed by atoms with Crippen molar-refractivity contribution in [3.63, 3.8) is 0 Å². The number of anilines is 1. The molecule has 2 N–H and O–H groups in total. The highest BCUT2D eigenvalue weighted by atomic mass is 35.5. The molecule has 0 aliphatic carbocycles. The molecule has 112 valence electrons. The van der Waals surface area contributed by atoms with Gasteiger partial charge >= 0.3 is 0 Å². The molecular weight excluding hydrogens is 274 g/mol. The van der Waals surface area contributed by atoms with Gasteiger partial charge in [0, 0.05) is 19.6 Å². The van der Waals surface area contributed by atoms with Gasteiger partial charge in [-0.25, -0.2) is 0 Å². The summed E-state index contributed by atoms with van der Waals surface area (Å²) < 4.78 is 0. The van der Waals surface area contributed by atoms with Crippen molar-refractivity contribution in [2.45, 2.75) is 13.8 Å². The summed E-state index contributed by atoms with van der Waals surface area (Å²) in [6.07, 6.45) is 0. The summed E-state index contributed by atoms with van der Waals surface area (Å²) >= 11 is 5.99. The lowest BCUT2D eigenvalue weighted by Crippen LogP contribution is -2.39. The van der Waals surface area contributed by atoms with Crippen LogP contribution in [0, 0.1) is 5.92 Å². The molecule has 1 amide bonds. The number of hydrogen-bond donors (Lipinski definition) is 1. The van der Waals surface area contributed by atoms with Crippen molar-refractivity contribution in [3.05, 3.63) is 28.8 Å². The molecule has 0 aliphatic heterocycles. The maximum atomic E-state index is 12.6. The number of benzene rings is 1. The van der Waals surface area contributed by atoms with Crippen LogP contribution < -0.4 is 5.73 Å². The van der Waals surface area contributed by atoms with Gasteiger partial charge in [0.25, 0.3) is 5.91 Å². The van der Waals surface area contributed by atoms with E-state index in [0.29, 0.717) is 35.3 Å². The van der Waals surface area contributed by atoms with E-state index in [2.05, 4.69) is 18.7 Å². The Balaban J connectivity index is 2.94. The van der Waals surface area contributed by atoms with Crippen LogP contribution in [0.2, 0.25) is 5.02 Å². The van der Waals surface area contributed by atoms with E-state index in [-0.39, 0.29) is 5.91 Å². The zero-order chi connectivity index (χ0) is 15.3. The standard InChI is InChI=1S/C15H24ClN3O/c1-11(2)10-19(9-8-18(3)4)15(20)12-6-5-7-13(16)14(12)17/h5-7,11H,8-10,17H2,1-4H3. The molecule has 0 atom stereocenters. The fourth-order valence-corrected chi connectivity index (χ4v) is 2.11. The number of nitrogen functional groups attached to an aromatic ring is 1. The summed E-state index contributed by atoms with van der Waals surface area (Å²) in [6.45, 7) is 6.39. The van der Waals surface area contributed by atoms with Crippen LogP contribution in [0.25, 0.3) is 0 Å². The number of amides is 1. The number of halogens is 1. The molecule has 20 heavy (non-hydrogen) atoms. The lowest BCUT2D eigenvalue weighted by molar-refractivity contribution is 0.0726. The monoisotopic (exact) mass is 297 g/mol. The van der Waals surface area contributed by atoms with Crippen molar-refractivity contribution < 1.29 is 4.79 Å². The first-order chi connectivity index (χ1) is 9.32. The molecule has 0 heterocycles. The van der Waals surface area contributed by atoms with Crippen molar-refractivity contribution >= 4 is 23.2 Å². The first-order valence-electron chi connectivity index (χ1n) is 6.81. The van der Waals surface area contributed by atoms with Gasteiger partial charge in [-0.2, -0.15) is 0 Å². The maximum absolute atomic E-state index is 12.6. The normalized spacial score (nSPS) is 11.2. The molecule has 1 aromatic rings. The Kier molecular flexibility index (Phi) is 6.30. The summed E-state index contributed by atoms with van der Waals surface area (Å²) in [5.74, 6) is 0.349. The number of likely N-dealkylation sites (N-methyl/N-ethyl adjacent to an activating group) is 1. The number of hydrogen-bond acceptors (Lipinski definition) is 3. The van der Waals surface area contributed by atoms with Crippen molar-refractivity contribution in [3.8, 4) is 0 Å². The van der Waals surface area contributed by atoms with E-state index >= 15 is 0 Å². The summed E-state index contributed by atoms with van der Waals surface area (Å²) in [5, 5.41) is 0.424. The third-order valence-electron chi connectivity index (χ3n) is 2.97. The molecule has 0 spiro atoms. The minimum Gasteiger partial charge on any atom is -0.397 e. The molecule has 5 heteroatoms. The summed E-state index contributed by atoms with van der Waals surface area (Å²) in [7, 11) is 3.98. The van der Waals surface area contributed by atoms with Gasteiger partial charge < -0.3 is 15.5 Å². The van der Waals surface area contributed by atoms with E-state index < -0.39 is 0 Å². The van der Waals surface area contributed by atoms with Crippen molar-refractivity contribution in [2.24, 2.45) is 5.92 Å². The van der Waals surface area contributed by atoms with Gasteiger partial charge in [-0.15, -0.1) is 0 Å². The summed E-state index contributed by atoms with van der Waals surface area (Å²) in [5.41, 5.74) is 6.76. The molecule has 0 saturated carbocycles. The van der Waals surface area contributed by atoms with E-state index in [9.17, 15) is 4.79 Å². The number of rotatable bonds is 6. The van der Waals surface area contributed by atoms with E-state index in [1.54, 1.807) is 18.2 Å². The van der Waals surface area contributed by atoms with Crippen LogP contribution in [0.4, 0.5) is 5.69 Å². The Morgan fingerprint density at radius 2 is 1.95 bits per heavy atom. The highest BCUT2D eigenvalue weighted by Crippen LogP contribution is 2.23. The zero-order valence-corrected chi connectivity index (χ0v) is 13.4. The molecule has 0 fully saturated rings. The molecule has 4 nitrogen and oxygen atoms in total. The van der Waals surface area contributed by atoms with Gasteiger partial charge in [0.05, 0.1) is 16.3 Å². The van der Waals surface area contributed by atoms with Crippen molar-refractivity contribution in [1.82, 2.24) is 9.80 Å². The minimum absolute atomic E-state index is 0.0550. The van der Waals surface area contributed by atoms with Crippen LogP contribution in [0.3, 0.4) is 0 Å². The van der Waals surface area contributed by atoms with Crippen LogP contribution in [-0.2, 0) is 0 Å². The average molecular weight is 298 g/mol. The second-order valence-corrected chi connectivity index (χ2v) is 6.06. The smallest absolute Gasteiger partial charge is 0.256 e. The topological polar surface area (TPSA) is 49.6 Å². The number of carbonyl (C=O) groups excluding carboxylic acids is 1. The molecule has 1 aromatic carbocycles. The third-order valence-corrected chi connectivity index (χ3v) is 3.30. The Labute approximate surface area is 126 Å². The molecule has 0 bridgehead atoms. The van der Waals surface area contributed by atoms with Gasteiger partial charge in [0.1, 0.15) is 0 Å². The fourth-order valence-electron chi connectivity index (χ4n) is 1.93. The van der Waals surface area contributed by atoms with Gasteiger partial charge in [-0.05, 0) is 32.1 Å². The fraction of sp³-hybridized carbons (Fsp3) is 0.533. The van der Waals surface area contributed by atoms with E-state index in [1.807, 2.05) is 19.0 Å². The Bertz CT molecular complexity index is 460. The zero-order valence-electron chi connectivity index (χ0n) is 12.7. The van der Waals surface area contributed by atoms with Gasteiger partial charge in [0.15, 0.2) is 0 Å². The highest BCUT2D eigenvalue weighted by Gasteiger charge is 2.20. The molecule has 0 aromatic heterocycles. The van der Waals surface area contributed by atoms with Crippen LogP contribution in [0.1, 0.15) is 24.2 Å². The summed E-state index contributed by atoms with van der Waals surface area (Å²) in [6, 6.07) is 5.18. The van der Waals surface area contributed by atoms with E-state index in [1.165, 1.54) is 0 Å². The quantitative estimate of drug-likeness (QED) is 0.821. The van der Waals surface area contributed by atoms with Gasteiger partial charge in [0.2, 0.25) is 0 Å². The SMILES string of the molecule is CC(C)CN(CCN(C)C)C(=O)c1cccc(Cl)c1N. The molecular formula is C15H24ClN3O. The predicted octanol–water partition coefficient (Wildman–Crippen LogP) is 2.58. The predicted molar refractivity (Wildman–Crippen MR) is 85.2 cm³/mol. The molecule has 0 aliphatic rings.